The number of hydrazine groups is 1. The van der Waals surface area contributed by atoms with E-state index in [1.165, 1.54) is 6.42 Å². The average Bonchev–Trinajstić information content (AvgIpc) is 2.41. The van der Waals surface area contributed by atoms with Gasteiger partial charge in [0.15, 0.2) is 0 Å². The molecule has 3 unspecified atom stereocenters. The number of likely N-dealkylation sites (tertiary alicyclic amines) is 1. The molecule has 0 spiro atoms. The van der Waals surface area contributed by atoms with Crippen LogP contribution in [0.15, 0.2) is 12.3 Å². The number of aromatic nitrogens is 1. The van der Waals surface area contributed by atoms with Crippen LogP contribution < -0.4 is 11.3 Å². The van der Waals surface area contributed by atoms with Gasteiger partial charge in [-0.15, -0.1) is 0 Å². The number of piperidine rings is 1. The maximum Gasteiger partial charge on any atom is 0.257 e. The largest absolute Gasteiger partial charge is 0.335 e. The van der Waals surface area contributed by atoms with E-state index < -0.39 is 0 Å². The summed E-state index contributed by atoms with van der Waals surface area (Å²) in [5.41, 5.74) is 4.63. The van der Waals surface area contributed by atoms with Crippen LogP contribution >= 0.6 is 0 Å². The van der Waals surface area contributed by atoms with Crippen molar-refractivity contribution in [1.82, 2.24) is 9.88 Å². The fraction of sp³-hybridized carbons (Fsp3) is 0.600. The number of aryl methyl sites for hydroxylation is 1. The number of carbonyl (C=O) groups is 1. The van der Waals surface area contributed by atoms with Gasteiger partial charge in [-0.25, -0.2) is 0 Å². The molecule has 2 heterocycles. The normalized spacial score (nSPS) is 26.4. The monoisotopic (exact) mass is 276 g/mol. The number of carbonyl (C=O) groups excluding carboxylic acids is 1. The summed E-state index contributed by atoms with van der Waals surface area (Å²) >= 11 is 0. The third-order valence-corrected chi connectivity index (χ3v) is 4.29. The minimum Gasteiger partial charge on any atom is -0.335 e. The highest BCUT2D eigenvalue weighted by Crippen LogP contribution is 2.29. The Bertz CT molecular complexity index is 503. The van der Waals surface area contributed by atoms with Gasteiger partial charge < -0.3 is 10.3 Å². The van der Waals surface area contributed by atoms with Crippen LogP contribution in [0, 0.1) is 18.8 Å². The van der Waals surface area contributed by atoms with Gasteiger partial charge in [0.2, 0.25) is 0 Å². The molecule has 1 aliphatic rings. The van der Waals surface area contributed by atoms with E-state index in [4.69, 9.17) is 5.84 Å². The van der Waals surface area contributed by atoms with E-state index in [1.807, 2.05) is 11.8 Å². The first-order chi connectivity index (χ1) is 9.43. The summed E-state index contributed by atoms with van der Waals surface area (Å²) in [6, 6.07) is 2.04. The number of nitrogens with one attached hydrogen (secondary N) is 1. The van der Waals surface area contributed by atoms with Gasteiger partial charge in [-0.2, -0.15) is 0 Å². The van der Waals surface area contributed by atoms with Crippen LogP contribution in [-0.2, 0) is 0 Å². The molecule has 1 aliphatic heterocycles. The molecule has 0 saturated carbocycles. The van der Waals surface area contributed by atoms with Crippen LogP contribution in [0.3, 0.4) is 0 Å². The smallest absolute Gasteiger partial charge is 0.257 e. The molecule has 3 N–H and O–H groups in total. The fourth-order valence-electron chi connectivity index (χ4n) is 2.99. The van der Waals surface area contributed by atoms with Gasteiger partial charge in [0.25, 0.3) is 5.91 Å². The average molecular weight is 276 g/mol. The molecule has 1 amide bonds. The first-order valence-corrected chi connectivity index (χ1v) is 7.18. The van der Waals surface area contributed by atoms with Crippen molar-refractivity contribution in [3.8, 4) is 0 Å². The van der Waals surface area contributed by atoms with E-state index in [0.29, 0.717) is 23.1 Å². The Labute approximate surface area is 120 Å². The number of amides is 1. The Morgan fingerprint density at radius 1 is 1.45 bits per heavy atom. The first-order valence-electron chi connectivity index (χ1n) is 7.18. The molecule has 20 heavy (non-hydrogen) atoms. The van der Waals surface area contributed by atoms with Crippen molar-refractivity contribution < 1.29 is 4.79 Å². The van der Waals surface area contributed by atoms with Crippen LogP contribution in [0.2, 0.25) is 0 Å². The van der Waals surface area contributed by atoms with E-state index in [-0.39, 0.29) is 11.9 Å². The molecule has 0 radical (unpaired) electrons. The summed E-state index contributed by atoms with van der Waals surface area (Å²) in [6.45, 7) is 9.19. The van der Waals surface area contributed by atoms with Crippen molar-refractivity contribution in [3.05, 3.63) is 23.5 Å². The highest BCUT2D eigenvalue weighted by molar-refractivity contribution is 5.99. The van der Waals surface area contributed by atoms with Crippen LogP contribution in [0.4, 0.5) is 5.69 Å². The number of rotatable bonds is 2. The Morgan fingerprint density at radius 2 is 2.15 bits per heavy atom. The standard InChI is InChI=1S/C15H24N4O/c1-9-5-10(2)12(4)19(8-9)15(20)13-7-17-11(3)6-14(13)18-16/h6-7,9-10,12H,5,8,16H2,1-4H3,(H,17,18). The minimum absolute atomic E-state index is 0.0105. The lowest BCUT2D eigenvalue weighted by Crippen LogP contribution is -2.49. The highest BCUT2D eigenvalue weighted by Gasteiger charge is 2.33. The Morgan fingerprint density at radius 3 is 2.80 bits per heavy atom. The summed E-state index contributed by atoms with van der Waals surface area (Å²) in [4.78, 5) is 19.0. The molecule has 5 nitrogen and oxygen atoms in total. The lowest BCUT2D eigenvalue weighted by atomic mass is 9.85. The molecule has 0 bridgehead atoms. The number of hydrogen-bond donors (Lipinski definition) is 2. The van der Waals surface area contributed by atoms with Crippen molar-refractivity contribution in [3.63, 3.8) is 0 Å². The van der Waals surface area contributed by atoms with E-state index in [1.54, 1.807) is 12.3 Å². The molecule has 3 atom stereocenters. The summed E-state index contributed by atoms with van der Waals surface area (Å²) < 4.78 is 0. The maximum atomic E-state index is 12.8. The molecule has 5 heteroatoms. The molecule has 0 aromatic carbocycles. The minimum atomic E-state index is 0.0105. The van der Waals surface area contributed by atoms with Crippen LogP contribution in [-0.4, -0.2) is 28.4 Å². The fourth-order valence-corrected chi connectivity index (χ4v) is 2.99. The molecule has 2 rings (SSSR count). The number of anilines is 1. The zero-order valence-corrected chi connectivity index (χ0v) is 12.7. The third-order valence-electron chi connectivity index (χ3n) is 4.29. The number of hydrogen-bond acceptors (Lipinski definition) is 4. The number of nitrogen functional groups attached to an aromatic ring is 1. The Kier molecular flexibility index (Phi) is 4.28. The zero-order valence-electron chi connectivity index (χ0n) is 12.7. The van der Waals surface area contributed by atoms with Crippen LogP contribution in [0.1, 0.15) is 43.2 Å². The lowest BCUT2D eigenvalue weighted by Gasteiger charge is -2.41. The van der Waals surface area contributed by atoms with E-state index >= 15 is 0 Å². The molecule has 1 fully saturated rings. The van der Waals surface area contributed by atoms with E-state index in [2.05, 4.69) is 31.2 Å². The van der Waals surface area contributed by atoms with Crippen LogP contribution in [0.5, 0.6) is 0 Å². The van der Waals surface area contributed by atoms with Crippen molar-refractivity contribution in [2.24, 2.45) is 17.7 Å². The summed E-state index contributed by atoms with van der Waals surface area (Å²) in [6.07, 6.45) is 2.78. The van der Waals surface area contributed by atoms with Gasteiger partial charge in [0, 0.05) is 24.5 Å². The first kappa shape index (κ1) is 14.8. The topological polar surface area (TPSA) is 71.2 Å². The second-order valence-electron chi connectivity index (χ2n) is 6.03. The van der Waals surface area contributed by atoms with Gasteiger partial charge >= 0.3 is 0 Å². The second kappa shape index (κ2) is 5.79. The molecule has 0 aliphatic carbocycles. The Balaban J connectivity index is 2.30. The molecule has 1 aromatic heterocycles. The molecular formula is C15H24N4O. The quantitative estimate of drug-likeness (QED) is 0.641. The van der Waals surface area contributed by atoms with Crippen molar-refractivity contribution in [2.45, 2.75) is 40.2 Å². The third kappa shape index (κ3) is 2.77. The molecule has 110 valence electrons. The van der Waals surface area contributed by atoms with Gasteiger partial charge in [0.1, 0.15) is 0 Å². The van der Waals surface area contributed by atoms with Crippen molar-refractivity contribution >= 4 is 11.6 Å². The molecule has 1 aromatic rings. The SMILES string of the molecule is Cc1cc(NN)c(C(=O)N2CC(C)CC(C)C2C)cn1. The van der Waals surface area contributed by atoms with Gasteiger partial charge in [0.05, 0.1) is 11.3 Å². The predicted molar refractivity (Wildman–Crippen MR) is 80.2 cm³/mol. The summed E-state index contributed by atoms with van der Waals surface area (Å²) in [5, 5.41) is 0. The van der Waals surface area contributed by atoms with E-state index in [0.717, 1.165) is 12.2 Å². The number of pyridine rings is 1. The maximum absolute atomic E-state index is 12.8. The second-order valence-corrected chi connectivity index (χ2v) is 6.03. The van der Waals surface area contributed by atoms with Gasteiger partial charge in [-0.05, 0) is 38.2 Å². The zero-order chi connectivity index (χ0) is 14.9. The van der Waals surface area contributed by atoms with Crippen molar-refractivity contribution in [2.75, 3.05) is 12.0 Å². The molecular weight excluding hydrogens is 252 g/mol. The number of nitrogens with zero attached hydrogens (tertiary/aromatic N) is 2. The summed E-state index contributed by atoms with van der Waals surface area (Å²) in [5.74, 6) is 6.57. The molecule has 1 saturated heterocycles. The van der Waals surface area contributed by atoms with Gasteiger partial charge in [-0.3, -0.25) is 15.6 Å². The predicted octanol–water partition coefficient (Wildman–Crippen LogP) is 2.18. The van der Waals surface area contributed by atoms with Crippen molar-refractivity contribution in [1.29, 1.82) is 0 Å². The number of nitrogens with two attached hydrogens (primary N) is 1. The van der Waals surface area contributed by atoms with Crippen LogP contribution in [0.25, 0.3) is 0 Å². The lowest BCUT2D eigenvalue weighted by molar-refractivity contribution is 0.0456. The highest BCUT2D eigenvalue weighted by atomic mass is 16.2. The van der Waals surface area contributed by atoms with Gasteiger partial charge in [-0.1, -0.05) is 13.8 Å². The Hall–Kier alpha value is -1.62. The van der Waals surface area contributed by atoms with E-state index in [9.17, 15) is 4.79 Å². The summed E-state index contributed by atoms with van der Waals surface area (Å²) in [7, 11) is 0.